The molecule has 0 aliphatic rings. The van der Waals surface area contributed by atoms with Crippen molar-refractivity contribution in [2.24, 2.45) is 0 Å². The van der Waals surface area contributed by atoms with Gasteiger partial charge in [0.2, 0.25) is 0 Å². The number of aliphatic hydroxyl groups excluding tert-OH is 1. The standard InChI is InChI=1S/C14H22N2O3/c1-4-14(2,8-9-17)16-13(18)15-11-6-5-7-12(10-11)19-3/h5-7,10,17H,4,8-9H2,1-3H3,(H2,15,16,18). The third-order valence-corrected chi connectivity index (χ3v) is 3.19. The van der Waals surface area contributed by atoms with Gasteiger partial charge in [-0.3, -0.25) is 0 Å². The van der Waals surface area contributed by atoms with Crippen molar-refractivity contribution in [1.82, 2.24) is 5.32 Å². The van der Waals surface area contributed by atoms with E-state index in [4.69, 9.17) is 9.84 Å². The number of hydrogen-bond acceptors (Lipinski definition) is 3. The number of benzene rings is 1. The maximum absolute atomic E-state index is 11.9. The Hall–Kier alpha value is -1.75. The lowest BCUT2D eigenvalue weighted by atomic mass is 9.95. The molecule has 0 fully saturated rings. The molecule has 1 atom stereocenters. The van der Waals surface area contributed by atoms with E-state index in [2.05, 4.69) is 10.6 Å². The van der Waals surface area contributed by atoms with Gasteiger partial charge < -0.3 is 20.5 Å². The molecule has 2 amide bonds. The Morgan fingerprint density at radius 1 is 1.47 bits per heavy atom. The average molecular weight is 266 g/mol. The average Bonchev–Trinajstić information content (AvgIpc) is 2.39. The van der Waals surface area contributed by atoms with Crippen LogP contribution in [0, 0.1) is 0 Å². The van der Waals surface area contributed by atoms with Gasteiger partial charge in [-0.05, 0) is 31.9 Å². The number of urea groups is 1. The van der Waals surface area contributed by atoms with E-state index in [9.17, 15) is 4.79 Å². The number of hydrogen-bond donors (Lipinski definition) is 3. The number of carbonyl (C=O) groups is 1. The maximum atomic E-state index is 11.9. The Kier molecular flexibility index (Phi) is 5.63. The van der Waals surface area contributed by atoms with Crippen LogP contribution >= 0.6 is 0 Å². The van der Waals surface area contributed by atoms with Gasteiger partial charge in [-0.15, -0.1) is 0 Å². The van der Waals surface area contributed by atoms with Crippen molar-refractivity contribution in [3.05, 3.63) is 24.3 Å². The second-order valence-corrected chi connectivity index (χ2v) is 4.70. The van der Waals surface area contributed by atoms with Crippen LogP contribution in [0.15, 0.2) is 24.3 Å². The highest BCUT2D eigenvalue weighted by molar-refractivity contribution is 5.89. The van der Waals surface area contributed by atoms with Gasteiger partial charge in [0.15, 0.2) is 0 Å². The third kappa shape index (κ3) is 4.79. The number of aliphatic hydroxyl groups is 1. The first kappa shape index (κ1) is 15.3. The summed E-state index contributed by atoms with van der Waals surface area (Å²) in [5.74, 6) is 0.686. The molecule has 0 saturated carbocycles. The zero-order valence-electron chi connectivity index (χ0n) is 11.7. The second-order valence-electron chi connectivity index (χ2n) is 4.70. The highest BCUT2D eigenvalue weighted by Gasteiger charge is 2.23. The van der Waals surface area contributed by atoms with Crippen molar-refractivity contribution in [2.75, 3.05) is 19.0 Å². The summed E-state index contributed by atoms with van der Waals surface area (Å²) < 4.78 is 5.09. The fourth-order valence-corrected chi connectivity index (χ4v) is 1.71. The van der Waals surface area contributed by atoms with E-state index in [0.29, 0.717) is 17.9 Å². The molecule has 0 aromatic heterocycles. The molecule has 0 bridgehead atoms. The van der Waals surface area contributed by atoms with E-state index in [1.807, 2.05) is 19.9 Å². The van der Waals surface area contributed by atoms with Gasteiger partial charge in [-0.2, -0.15) is 0 Å². The van der Waals surface area contributed by atoms with Gasteiger partial charge in [0, 0.05) is 23.9 Å². The number of rotatable bonds is 6. The lowest BCUT2D eigenvalue weighted by Gasteiger charge is -2.29. The van der Waals surface area contributed by atoms with Gasteiger partial charge in [0.05, 0.1) is 7.11 Å². The minimum atomic E-state index is -0.405. The lowest BCUT2D eigenvalue weighted by molar-refractivity contribution is 0.208. The molecule has 0 aliphatic carbocycles. The molecule has 5 nitrogen and oxygen atoms in total. The Balaban J connectivity index is 2.63. The van der Waals surface area contributed by atoms with Crippen LogP contribution in [0.5, 0.6) is 5.75 Å². The number of amides is 2. The molecule has 0 aliphatic heterocycles. The fourth-order valence-electron chi connectivity index (χ4n) is 1.71. The van der Waals surface area contributed by atoms with Gasteiger partial charge >= 0.3 is 6.03 Å². The molecule has 1 aromatic carbocycles. The summed E-state index contributed by atoms with van der Waals surface area (Å²) >= 11 is 0. The Morgan fingerprint density at radius 2 is 2.21 bits per heavy atom. The molecule has 1 aromatic rings. The summed E-state index contributed by atoms with van der Waals surface area (Å²) in [4.78, 5) is 11.9. The molecular weight excluding hydrogens is 244 g/mol. The van der Waals surface area contributed by atoms with Crippen molar-refractivity contribution < 1.29 is 14.6 Å². The van der Waals surface area contributed by atoms with Crippen molar-refractivity contribution in [3.63, 3.8) is 0 Å². The van der Waals surface area contributed by atoms with E-state index in [-0.39, 0.29) is 12.6 Å². The van der Waals surface area contributed by atoms with Crippen LogP contribution < -0.4 is 15.4 Å². The van der Waals surface area contributed by atoms with E-state index in [1.54, 1.807) is 25.3 Å². The molecule has 1 unspecified atom stereocenters. The quantitative estimate of drug-likeness (QED) is 0.740. The molecule has 106 valence electrons. The van der Waals surface area contributed by atoms with E-state index in [1.165, 1.54) is 0 Å². The normalized spacial score (nSPS) is 13.5. The predicted octanol–water partition coefficient (Wildman–Crippen LogP) is 2.37. The van der Waals surface area contributed by atoms with Crippen LogP contribution in [0.2, 0.25) is 0 Å². The van der Waals surface area contributed by atoms with Gasteiger partial charge in [-0.1, -0.05) is 13.0 Å². The molecule has 19 heavy (non-hydrogen) atoms. The first-order valence-corrected chi connectivity index (χ1v) is 6.37. The van der Waals surface area contributed by atoms with E-state index < -0.39 is 5.54 Å². The smallest absolute Gasteiger partial charge is 0.319 e. The summed E-state index contributed by atoms with van der Waals surface area (Å²) in [5, 5.41) is 14.6. The Bertz CT molecular complexity index is 423. The Morgan fingerprint density at radius 3 is 2.79 bits per heavy atom. The van der Waals surface area contributed by atoms with Gasteiger partial charge in [0.1, 0.15) is 5.75 Å². The molecule has 0 saturated heterocycles. The SMILES string of the molecule is CCC(C)(CCO)NC(=O)Nc1cccc(OC)c1. The highest BCUT2D eigenvalue weighted by Crippen LogP contribution is 2.18. The minimum absolute atomic E-state index is 0.0454. The summed E-state index contributed by atoms with van der Waals surface area (Å²) in [6.45, 7) is 3.93. The maximum Gasteiger partial charge on any atom is 0.319 e. The van der Waals surface area contributed by atoms with Crippen LogP contribution in [0.1, 0.15) is 26.7 Å². The number of methoxy groups -OCH3 is 1. The van der Waals surface area contributed by atoms with Gasteiger partial charge in [0.25, 0.3) is 0 Å². The number of nitrogens with one attached hydrogen (secondary N) is 2. The van der Waals surface area contributed by atoms with Crippen molar-refractivity contribution in [2.45, 2.75) is 32.2 Å². The molecule has 5 heteroatoms. The number of carbonyl (C=O) groups excluding carboxylic acids is 1. The van der Waals surface area contributed by atoms with Crippen LogP contribution in [0.4, 0.5) is 10.5 Å². The molecule has 1 rings (SSSR count). The van der Waals surface area contributed by atoms with Crippen LogP contribution in [-0.4, -0.2) is 30.4 Å². The number of ether oxygens (including phenoxy) is 1. The number of anilines is 1. The largest absolute Gasteiger partial charge is 0.497 e. The van der Waals surface area contributed by atoms with Crippen molar-refractivity contribution in [3.8, 4) is 5.75 Å². The Labute approximate surface area is 114 Å². The highest BCUT2D eigenvalue weighted by atomic mass is 16.5. The van der Waals surface area contributed by atoms with Crippen molar-refractivity contribution in [1.29, 1.82) is 0 Å². The predicted molar refractivity (Wildman–Crippen MR) is 75.5 cm³/mol. The summed E-state index contributed by atoms with van der Waals surface area (Å²) in [6.07, 6.45) is 1.27. The molecular formula is C14H22N2O3. The first-order chi connectivity index (χ1) is 9.03. The summed E-state index contributed by atoms with van der Waals surface area (Å²) in [5.41, 5.74) is 0.261. The summed E-state index contributed by atoms with van der Waals surface area (Å²) in [7, 11) is 1.58. The zero-order chi connectivity index (χ0) is 14.3. The molecule has 0 spiro atoms. The molecule has 0 radical (unpaired) electrons. The fraction of sp³-hybridized carbons (Fsp3) is 0.500. The lowest BCUT2D eigenvalue weighted by Crippen LogP contribution is -2.48. The van der Waals surface area contributed by atoms with E-state index in [0.717, 1.165) is 6.42 Å². The monoisotopic (exact) mass is 266 g/mol. The van der Waals surface area contributed by atoms with E-state index >= 15 is 0 Å². The topological polar surface area (TPSA) is 70.6 Å². The van der Waals surface area contributed by atoms with Crippen LogP contribution in [0.25, 0.3) is 0 Å². The molecule has 3 N–H and O–H groups in total. The van der Waals surface area contributed by atoms with Crippen LogP contribution in [0.3, 0.4) is 0 Å². The first-order valence-electron chi connectivity index (χ1n) is 6.37. The third-order valence-electron chi connectivity index (χ3n) is 3.19. The van der Waals surface area contributed by atoms with Gasteiger partial charge in [-0.25, -0.2) is 4.79 Å². The molecule has 0 heterocycles. The van der Waals surface area contributed by atoms with Crippen molar-refractivity contribution >= 4 is 11.7 Å². The minimum Gasteiger partial charge on any atom is -0.497 e. The second kappa shape index (κ2) is 6.99. The summed E-state index contributed by atoms with van der Waals surface area (Å²) in [6, 6.07) is 6.87. The van der Waals surface area contributed by atoms with Crippen LogP contribution in [-0.2, 0) is 0 Å². The zero-order valence-corrected chi connectivity index (χ0v) is 11.7.